The van der Waals surface area contributed by atoms with Crippen molar-refractivity contribution in [3.8, 4) is 28.2 Å². The molecule has 270 valence electrons. The fourth-order valence-electron chi connectivity index (χ4n) is 9.70. The normalized spacial score (nSPS) is 12.1. The Morgan fingerprint density at radius 1 is 0.259 bits per heavy atom. The number of benzene rings is 9. The molecule has 0 atom stereocenters. The molecule has 0 fully saturated rings. The number of nitrogens with zero attached hydrogens (tertiary/aromatic N) is 3. The van der Waals surface area contributed by atoms with Crippen LogP contribution >= 0.6 is 11.3 Å². The third-order valence-corrected chi connectivity index (χ3v) is 13.4. The highest BCUT2D eigenvalue weighted by atomic mass is 32.1. The lowest BCUT2D eigenvalue weighted by Crippen LogP contribution is -1.98. The summed E-state index contributed by atoms with van der Waals surface area (Å²) in [4.78, 5) is 0. The third kappa shape index (κ3) is 4.43. The van der Waals surface area contributed by atoms with E-state index >= 15 is 0 Å². The number of hydrogen-bond acceptors (Lipinski definition) is 1. The maximum Gasteiger partial charge on any atom is 0.0788 e. The molecule has 13 rings (SSSR count). The minimum absolute atomic E-state index is 1.14. The second-order valence-corrected chi connectivity index (χ2v) is 16.4. The molecule has 0 amide bonds. The van der Waals surface area contributed by atoms with Gasteiger partial charge >= 0.3 is 0 Å². The van der Waals surface area contributed by atoms with Crippen LogP contribution < -0.4 is 0 Å². The molecular weight excluding hydrogens is 723 g/mol. The molecule has 0 unspecified atom stereocenters. The van der Waals surface area contributed by atoms with Crippen molar-refractivity contribution in [1.29, 1.82) is 0 Å². The molecule has 0 bridgehead atoms. The average Bonchev–Trinajstić information content (AvgIpc) is 4.03. The van der Waals surface area contributed by atoms with Crippen LogP contribution in [0.2, 0.25) is 0 Å². The van der Waals surface area contributed by atoms with E-state index in [0.717, 1.165) is 11.4 Å². The lowest BCUT2D eigenvalue weighted by Gasteiger charge is -2.13. The van der Waals surface area contributed by atoms with E-state index in [1.165, 1.54) is 102 Å². The zero-order valence-corrected chi connectivity index (χ0v) is 32.1. The van der Waals surface area contributed by atoms with Crippen LogP contribution in [0.15, 0.2) is 200 Å². The van der Waals surface area contributed by atoms with Crippen LogP contribution in [0.5, 0.6) is 0 Å². The first-order valence-corrected chi connectivity index (χ1v) is 20.7. The first kappa shape index (κ1) is 31.8. The van der Waals surface area contributed by atoms with E-state index in [1.54, 1.807) is 0 Å². The largest absolute Gasteiger partial charge is 0.309 e. The molecule has 0 saturated carbocycles. The highest BCUT2D eigenvalue weighted by Crippen LogP contribution is 2.43. The van der Waals surface area contributed by atoms with Gasteiger partial charge < -0.3 is 13.7 Å². The van der Waals surface area contributed by atoms with E-state index in [2.05, 4.69) is 214 Å². The van der Waals surface area contributed by atoms with Crippen molar-refractivity contribution in [2.24, 2.45) is 0 Å². The first-order valence-electron chi connectivity index (χ1n) is 19.8. The molecule has 4 heterocycles. The Kier molecular flexibility index (Phi) is 6.60. The minimum Gasteiger partial charge on any atom is -0.309 e. The second-order valence-electron chi connectivity index (χ2n) is 15.3. The van der Waals surface area contributed by atoms with Gasteiger partial charge in [0.1, 0.15) is 0 Å². The molecule has 0 saturated heterocycles. The van der Waals surface area contributed by atoms with Gasteiger partial charge in [-0.25, -0.2) is 0 Å². The lowest BCUT2D eigenvalue weighted by molar-refractivity contribution is 1.15. The SMILES string of the molecule is c1ccc(-n2c3ccccc3c3ccc4c5ccccc5n(-c5ccc(-c6ccc7c8ccccc8n(-c8ccc9sc%10ccccc%10c9c8)c7c6)cc5)c4c32)cc1. The van der Waals surface area contributed by atoms with Gasteiger partial charge in [0.05, 0.1) is 33.1 Å². The molecule has 9 aromatic carbocycles. The summed E-state index contributed by atoms with van der Waals surface area (Å²) >= 11 is 1.86. The van der Waals surface area contributed by atoms with Gasteiger partial charge in [0.25, 0.3) is 0 Å². The number of aromatic nitrogens is 3. The summed E-state index contributed by atoms with van der Waals surface area (Å²) in [5.74, 6) is 0. The number of para-hydroxylation sites is 4. The van der Waals surface area contributed by atoms with E-state index in [9.17, 15) is 0 Å². The molecule has 4 aromatic heterocycles. The van der Waals surface area contributed by atoms with Crippen molar-refractivity contribution in [1.82, 2.24) is 13.7 Å². The van der Waals surface area contributed by atoms with E-state index in [-0.39, 0.29) is 0 Å². The van der Waals surface area contributed by atoms with Gasteiger partial charge in [-0.3, -0.25) is 0 Å². The van der Waals surface area contributed by atoms with Crippen molar-refractivity contribution >= 4 is 96.9 Å². The smallest absolute Gasteiger partial charge is 0.0788 e. The van der Waals surface area contributed by atoms with Gasteiger partial charge in [-0.05, 0) is 83.9 Å². The van der Waals surface area contributed by atoms with Crippen molar-refractivity contribution in [3.05, 3.63) is 200 Å². The molecular formula is C54H33N3S. The first-order chi connectivity index (χ1) is 28.8. The van der Waals surface area contributed by atoms with Crippen molar-refractivity contribution in [2.75, 3.05) is 0 Å². The van der Waals surface area contributed by atoms with E-state index < -0.39 is 0 Å². The number of thiophene rings is 1. The van der Waals surface area contributed by atoms with Gasteiger partial charge in [-0.15, -0.1) is 11.3 Å². The molecule has 0 N–H and O–H groups in total. The highest BCUT2D eigenvalue weighted by molar-refractivity contribution is 7.25. The summed E-state index contributed by atoms with van der Waals surface area (Å²) < 4.78 is 10.0. The molecule has 3 nitrogen and oxygen atoms in total. The third-order valence-electron chi connectivity index (χ3n) is 12.2. The quantitative estimate of drug-likeness (QED) is 0.170. The summed E-state index contributed by atoms with van der Waals surface area (Å²) in [6, 6.07) is 73.7. The van der Waals surface area contributed by atoms with Crippen molar-refractivity contribution in [2.45, 2.75) is 0 Å². The Morgan fingerprint density at radius 3 is 1.40 bits per heavy atom. The Morgan fingerprint density at radius 2 is 0.724 bits per heavy atom. The number of fused-ring (bicyclic) bond motifs is 13. The maximum absolute atomic E-state index is 2.47. The predicted octanol–water partition coefficient (Wildman–Crippen LogP) is 15.0. The monoisotopic (exact) mass is 755 g/mol. The predicted molar refractivity (Wildman–Crippen MR) is 248 cm³/mol. The van der Waals surface area contributed by atoms with Crippen molar-refractivity contribution in [3.63, 3.8) is 0 Å². The van der Waals surface area contributed by atoms with E-state index in [0.29, 0.717) is 0 Å². The lowest BCUT2D eigenvalue weighted by atomic mass is 10.0. The highest BCUT2D eigenvalue weighted by Gasteiger charge is 2.21. The van der Waals surface area contributed by atoms with Crippen LogP contribution in [0.1, 0.15) is 0 Å². The summed E-state index contributed by atoms with van der Waals surface area (Å²) in [6.07, 6.45) is 0. The Hall–Kier alpha value is -7.40. The molecule has 13 aromatic rings. The summed E-state index contributed by atoms with van der Waals surface area (Å²) in [5.41, 5.74) is 13.1. The van der Waals surface area contributed by atoms with Crippen molar-refractivity contribution < 1.29 is 0 Å². The summed E-state index contributed by atoms with van der Waals surface area (Å²) in [5, 5.41) is 10.2. The fraction of sp³-hybridized carbons (Fsp3) is 0. The Bertz CT molecular complexity index is 3780. The van der Waals surface area contributed by atoms with E-state index in [1.807, 2.05) is 11.3 Å². The van der Waals surface area contributed by atoms with Gasteiger partial charge in [0, 0.05) is 69.6 Å². The molecule has 0 aliphatic rings. The summed E-state index contributed by atoms with van der Waals surface area (Å²) in [7, 11) is 0. The van der Waals surface area contributed by atoms with Gasteiger partial charge in [-0.1, -0.05) is 127 Å². The zero-order valence-electron chi connectivity index (χ0n) is 31.3. The molecule has 0 aliphatic heterocycles. The Labute approximate surface area is 337 Å². The van der Waals surface area contributed by atoms with Crippen LogP contribution in [-0.4, -0.2) is 13.7 Å². The number of hydrogen-bond donors (Lipinski definition) is 0. The zero-order chi connectivity index (χ0) is 37.9. The molecule has 4 heteroatoms. The molecule has 58 heavy (non-hydrogen) atoms. The second kappa shape index (κ2) is 12.1. The summed E-state index contributed by atoms with van der Waals surface area (Å²) in [6.45, 7) is 0. The average molecular weight is 756 g/mol. The molecule has 0 radical (unpaired) electrons. The van der Waals surface area contributed by atoms with Gasteiger partial charge in [0.2, 0.25) is 0 Å². The Balaban J connectivity index is 1.01. The van der Waals surface area contributed by atoms with Crippen LogP contribution in [0, 0.1) is 0 Å². The van der Waals surface area contributed by atoms with Crippen LogP contribution in [-0.2, 0) is 0 Å². The number of rotatable bonds is 4. The minimum atomic E-state index is 1.14. The van der Waals surface area contributed by atoms with Crippen LogP contribution in [0.3, 0.4) is 0 Å². The maximum atomic E-state index is 2.47. The van der Waals surface area contributed by atoms with Crippen LogP contribution in [0.25, 0.3) is 114 Å². The fourth-order valence-corrected chi connectivity index (χ4v) is 10.8. The van der Waals surface area contributed by atoms with Gasteiger partial charge in [-0.2, -0.15) is 0 Å². The molecule has 0 spiro atoms. The standard InChI is InChI=1S/C54H33N3S/c1-2-12-36(13-3-1)56-48-19-9-5-15-40(48)44-29-30-45-41-16-6-10-20-49(41)57(54(45)53(44)56)37-25-22-34(23-26-37)35-24-28-42-39-14-4-8-18-47(39)55(50(42)32-35)38-27-31-52-46(33-38)43-17-7-11-21-51(43)58-52/h1-33H. The van der Waals surface area contributed by atoms with Crippen LogP contribution in [0.4, 0.5) is 0 Å². The van der Waals surface area contributed by atoms with E-state index in [4.69, 9.17) is 0 Å². The molecule has 0 aliphatic carbocycles. The topological polar surface area (TPSA) is 14.8 Å². The van der Waals surface area contributed by atoms with Gasteiger partial charge in [0.15, 0.2) is 0 Å².